The minimum absolute atomic E-state index is 0.199. The highest BCUT2D eigenvalue weighted by molar-refractivity contribution is 5.74. The second-order valence-electron chi connectivity index (χ2n) is 6.84. The fraction of sp³-hybridized carbons (Fsp3) is 0.182. The van der Waals surface area contributed by atoms with Gasteiger partial charge >= 0.3 is 0 Å². The molecule has 0 saturated carbocycles. The molecule has 2 aromatic heterocycles. The van der Waals surface area contributed by atoms with Crippen molar-refractivity contribution in [2.24, 2.45) is 0 Å². The topological polar surface area (TPSA) is 73.1 Å². The van der Waals surface area contributed by atoms with E-state index in [1.807, 2.05) is 68.7 Å². The zero-order valence-corrected chi connectivity index (χ0v) is 16.5. The van der Waals surface area contributed by atoms with Crippen molar-refractivity contribution in [3.8, 4) is 17.0 Å². The van der Waals surface area contributed by atoms with Gasteiger partial charge in [0.15, 0.2) is 5.65 Å². The van der Waals surface area contributed by atoms with Crippen molar-refractivity contribution in [3.05, 3.63) is 76.7 Å². The van der Waals surface area contributed by atoms with E-state index in [1.165, 1.54) is 0 Å². The molecule has 4 rings (SSSR count). The first-order valence-corrected chi connectivity index (χ1v) is 9.20. The molecule has 0 fully saturated rings. The van der Waals surface area contributed by atoms with E-state index in [0.29, 0.717) is 29.4 Å². The van der Waals surface area contributed by atoms with Crippen LogP contribution in [0.25, 0.3) is 22.4 Å². The maximum absolute atomic E-state index is 13.4. The maximum atomic E-state index is 13.4. The normalized spacial score (nSPS) is 10.9. The molecule has 7 nitrogen and oxygen atoms in total. The van der Waals surface area contributed by atoms with Crippen molar-refractivity contribution in [1.82, 2.24) is 19.5 Å². The molecule has 0 saturated heterocycles. The molecule has 2 heterocycles. The van der Waals surface area contributed by atoms with Crippen LogP contribution >= 0.6 is 0 Å². The van der Waals surface area contributed by atoms with E-state index in [4.69, 9.17) is 4.74 Å². The third kappa shape index (κ3) is 3.67. The predicted molar refractivity (Wildman–Crippen MR) is 113 cm³/mol. The number of rotatable bonds is 5. The summed E-state index contributed by atoms with van der Waals surface area (Å²) in [7, 11) is 5.34. The van der Waals surface area contributed by atoms with E-state index in [0.717, 1.165) is 16.9 Å². The summed E-state index contributed by atoms with van der Waals surface area (Å²) < 4.78 is 6.97. The Bertz CT molecular complexity index is 1220. The Morgan fingerprint density at radius 2 is 1.83 bits per heavy atom. The Hall–Kier alpha value is -3.74. The van der Waals surface area contributed by atoms with Gasteiger partial charge in [0, 0.05) is 19.7 Å². The summed E-state index contributed by atoms with van der Waals surface area (Å²) >= 11 is 0. The van der Waals surface area contributed by atoms with Gasteiger partial charge in [-0.25, -0.2) is 9.97 Å². The lowest BCUT2D eigenvalue weighted by molar-refractivity contribution is 0.414. The minimum atomic E-state index is -0.199. The number of methoxy groups -OCH3 is 1. The molecule has 146 valence electrons. The molecule has 7 heteroatoms. The standard InChI is InChI=1S/C22H21N5O2/c1-26(2)22-23-13-18-20(25-22)27(14-15-8-7-11-17(12-15)29-3)21(28)19(24-18)16-9-5-4-6-10-16/h4-13H,14H2,1-3H3. The van der Waals surface area contributed by atoms with Crippen LogP contribution in [0.5, 0.6) is 5.75 Å². The lowest BCUT2D eigenvalue weighted by atomic mass is 10.1. The Kier molecular flexibility index (Phi) is 4.95. The zero-order valence-electron chi connectivity index (χ0n) is 16.5. The summed E-state index contributed by atoms with van der Waals surface area (Å²) in [5.74, 6) is 1.26. The van der Waals surface area contributed by atoms with Crippen LogP contribution in [0, 0.1) is 0 Å². The largest absolute Gasteiger partial charge is 0.497 e. The van der Waals surface area contributed by atoms with Crippen LogP contribution in [-0.2, 0) is 6.54 Å². The van der Waals surface area contributed by atoms with E-state index in [1.54, 1.807) is 22.8 Å². The van der Waals surface area contributed by atoms with Crippen molar-refractivity contribution < 1.29 is 4.74 Å². The molecule has 0 unspecified atom stereocenters. The second kappa shape index (κ2) is 7.71. The number of hydrogen-bond acceptors (Lipinski definition) is 6. The Balaban J connectivity index is 1.96. The first kappa shape index (κ1) is 18.6. The zero-order chi connectivity index (χ0) is 20.4. The van der Waals surface area contributed by atoms with Gasteiger partial charge in [-0.15, -0.1) is 0 Å². The van der Waals surface area contributed by atoms with Gasteiger partial charge in [-0.3, -0.25) is 9.36 Å². The number of hydrogen-bond donors (Lipinski definition) is 0. The highest BCUT2D eigenvalue weighted by atomic mass is 16.5. The van der Waals surface area contributed by atoms with Crippen LogP contribution in [0.2, 0.25) is 0 Å². The predicted octanol–water partition coefficient (Wildman–Crippen LogP) is 2.98. The Labute approximate surface area is 168 Å². The van der Waals surface area contributed by atoms with E-state index in [2.05, 4.69) is 15.0 Å². The van der Waals surface area contributed by atoms with Gasteiger partial charge in [0.25, 0.3) is 5.56 Å². The van der Waals surface area contributed by atoms with Gasteiger partial charge in [-0.05, 0) is 17.7 Å². The van der Waals surface area contributed by atoms with E-state index in [9.17, 15) is 4.79 Å². The lowest BCUT2D eigenvalue weighted by Gasteiger charge is -2.15. The second-order valence-corrected chi connectivity index (χ2v) is 6.84. The number of anilines is 1. The molecule has 29 heavy (non-hydrogen) atoms. The number of benzene rings is 2. The molecular weight excluding hydrogens is 366 g/mol. The molecule has 0 aliphatic heterocycles. The SMILES string of the molecule is COc1cccc(Cn2c(=O)c(-c3ccccc3)nc3cnc(N(C)C)nc32)c1. The first-order chi connectivity index (χ1) is 14.1. The smallest absolute Gasteiger partial charge is 0.279 e. The molecule has 0 aliphatic carbocycles. The Morgan fingerprint density at radius 3 is 2.55 bits per heavy atom. The van der Waals surface area contributed by atoms with Crippen LogP contribution in [0.1, 0.15) is 5.56 Å². The van der Waals surface area contributed by atoms with Gasteiger partial charge < -0.3 is 9.64 Å². The highest BCUT2D eigenvalue weighted by Gasteiger charge is 2.16. The molecule has 2 aromatic carbocycles. The fourth-order valence-electron chi connectivity index (χ4n) is 3.13. The molecule has 0 spiro atoms. The Morgan fingerprint density at radius 1 is 1.03 bits per heavy atom. The van der Waals surface area contributed by atoms with Crippen molar-refractivity contribution in [3.63, 3.8) is 0 Å². The molecule has 0 amide bonds. The number of fused-ring (bicyclic) bond motifs is 1. The van der Waals surface area contributed by atoms with E-state index >= 15 is 0 Å². The van der Waals surface area contributed by atoms with Gasteiger partial charge in [0.1, 0.15) is 17.0 Å². The maximum Gasteiger partial charge on any atom is 0.279 e. The molecule has 0 aliphatic rings. The molecule has 0 bridgehead atoms. The van der Waals surface area contributed by atoms with Crippen molar-refractivity contribution >= 4 is 17.1 Å². The fourth-order valence-corrected chi connectivity index (χ4v) is 3.13. The number of aromatic nitrogens is 4. The summed E-state index contributed by atoms with van der Waals surface area (Å²) in [4.78, 5) is 28.8. The van der Waals surface area contributed by atoms with Gasteiger partial charge in [0.2, 0.25) is 5.95 Å². The lowest BCUT2D eigenvalue weighted by Crippen LogP contribution is -2.26. The first-order valence-electron chi connectivity index (χ1n) is 9.20. The summed E-state index contributed by atoms with van der Waals surface area (Å²) in [6.07, 6.45) is 1.66. The van der Waals surface area contributed by atoms with E-state index < -0.39 is 0 Å². The van der Waals surface area contributed by atoms with Crippen LogP contribution in [-0.4, -0.2) is 40.7 Å². The van der Waals surface area contributed by atoms with Crippen LogP contribution in [0.3, 0.4) is 0 Å². The molecule has 0 N–H and O–H groups in total. The number of ether oxygens (including phenoxy) is 1. The van der Waals surface area contributed by atoms with Crippen molar-refractivity contribution in [2.75, 3.05) is 26.1 Å². The van der Waals surface area contributed by atoms with Crippen molar-refractivity contribution in [2.45, 2.75) is 6.54 Å². The highest BCUT2D eigenvalue weighted by Crippen LogP contribution is 2.19. The quantitative estimate of drug-likeness (QED) is 0.524. The van der Waals surface area contributed by atoms with Crippen LogP contribution in [0.15, 0.2) is 65.6 Å². The molecule has 4 aromatic rings. The summed E-state index contributed by atoms with van der Waals surface area (Å²) in [6, 6.07) is 17.1. The molecule has 0 atom stereocenters. The molecular formula is C22H21N5O2. The average molecular weight is 387 g/mol. The monoisotopic (exact) mass is 387 g/mol. The van der Waals surface area contributed by atoms with Crippen LogP contribution < -0.4 is 15.2 Å². The minimum Gasteiger partial charge on any atom is -0.497 e. The van der Waals surface area contributed by atoms with Gasteiger partial charge in [-0.2, -0.15) is 4.98 Å². The third-order valence-corrected chi connectivity index (χ3v) is 4.60. The van der Waals surface area contributed by atoms with Gasteiger partial charge in [0.05, 0.1) is 19.9 Å². The van der Waals surface area contributed by atoms with Gasteiger partial charge in [-0.1, -0.05) is 42.5 Å². The van der Waals surface area contributed by atoms with Crippen molar-refractivity contribution in [1.29, 1.82) is 0 Å². The summed E-state index contributed by atoms with van der Waals surface area (Å²) in [5, 5.41) is 0. The average Bonchev–Trinajstić information content (AvgIpc) is 2.76. The van der Waals surface area contributed by atoms with Crippen LogP contribution in [0.4, 0.5) is 5.95 Å². The van der Waals surface area contributed by atoms with E-state index in [-0.39, 0.29) is 5.56 Å². The summed E-state index contributed by atoms with van der Waals surface area (Å²) in [5.41, 5.74) is 2.93. The number of nitrogens with zero attached hydrogens (tertiary/aromatic N) is 5. The summed E-state index contributed by atoms with van der Waals surface area (Å²) in [6.45, 7) is 0.346. The third-order valence-electron chi connectivity index (χ3n) is 4.60. The molecule has 0 radical (unpaired) electrons.